The molecule has 0 spiro atoms. The summed E-state index contributed by atoms with van der Waals surface area (Å²) in [4.78, 5) is 3.96. The van der Waals surface area contributed by atoms with Crippen molar-refractivity contribution in [2.24, 2.45) is 5.41 Å². The van der Waals surface area contributed by atoms with E-state index in [0.29, 0.717) is 10.6 Å². The summed E-state index contributed by atoms with van der Waals surface area (Å²) in [6.07, 6.45) is 5.55. The molecule has 0 aromatic carbocycles. The minimum Gasteiger partial charge on any atom is -0.491 e. The van der Waals surface area contributed by atoms with E-state index >= 15 is 0 Å². The van der Waals surface area contributed by atoms with Crippen molar-refractivity contribution in [1.29, 1.82) is 0 Å². The highest BCUT2D eigenvalue weighted by Crippen LogP contribution is 2.40. The molecule has 1 aliphatic rings. The smallest absolute Gasteiger partial charge is 0.137 e. The Morgan fingerprint density at radius 3 is 2.79 bits per heavy atom. The van der Waals surface area contributed by atoms with Gasteiger partial charge in [0.15, 0.2) is 0 Å². The Morgan fingerprint density at radius 1 is 1.50 bits per heavy atom. The normalized spacial score (nSPS) is 18.7. The standard InChI is InChI=1S/C11H14ClNO/c1-11(5-2-6-11)8-14-9-3-4-10(12)13-7-9/h3-4,7H,2,5-6,8H2,1H3. The predicted molar refractivity (Wildman–Crippen MR) is 56.7 cm³/mol. The second-order valence-electron chi connectivity index (χ2n) is 4.27. The lowest BCUT2D eigenvalue weighted by Gasteiger charge is -2.37. The van der Waals surface area contributed by atoms with E-state index in [0.717, 1.165) is 12.4 Å². The number of pyridine rings is 1. The molecule has 1 aromatic rings. The summed E-state index contributed by atoms with van der Waals surface area (Å²) in [5.74, 6) is 0.808. The molecule has 1 aliphatic carbocycles. The highest BCUT2D eigenvalue weighted by molar-refractivity contribution is 6.29. The maximum atomic E-state index is 5.67. The third kappa shape index (κ3) is 2.18. The van der Waals surface area contributed by atoms with Crippen LogP contribution in [0, 0.1) is 5.41 Å². The molecule has 0 unspecified atom stereocenters. The van der Waals surface area contributed by atoms with Gasteiger partial charge in [0, 0.05) is 5.41 Å². The quantitative estimate of drug-likeness (QED) is 0.716. The molecular weight excluding hydrogens is 198 g/mol. The number of rotatable bonds is 3. The van der Waals surface area contributed by atoms with Gasteiger partial charge in [0.1, 0.15) is 10.9 Å². The predicted octanol–water partition coefficient (Wildman–Crippen LogP) is 3.30. The van der Waals surface area contributed by atoms with Gasteiger partial charge in [0.05, 0.1) is 12.8 Å². The summed E-state index contributed by atoms with van der Waals surface area (Å²) in [6, 6.07) is 3.61. The van der Waals surface area contributed by atoms with Gasteiger partial charge in [0.25, 0.3) is 0 Å². The molecule has 0 N–H and O–H groups in total. The average molecular weight is 212 g/mol. The Labute approximate surface area is 89.3 Å². The monoisotopic (exact) mass is 211 g/mol. The molecule has 1 aromatic heterocycles. The summed E-state index contributed by atoms with van der Waals surface area (Å²) in [7, 11) is 0. The Hall–Kier alpha value is -0.760. The van der Waals surface area contributed by atoms with Crippen LogP contribution in [0.25, 0.3) is 0 Å². The molecule has 0 saturated heterocycles. The summed E-state index contributed by atoms with van der Waals surface area (Å²) in [5.41, 5.74) is 0.389. The zero-order chi connectivity index (χ0) is 10.0. The van der Waals surface area contributed by atoms with E-state index in [9.17, 15) is 0 Å². The van der Waals surface area contributed by atoms with Gasteiger partial charge in [-0.25, -0.2) is 4.98 Å². The Morgan fingerprint density at radius 2 is 2.29 bits per heavy atom. The van der Waals surface area contributed by atoms with Gasteiger partial charge in [-0.3, -0.25) is 0 Å². The van der Waals surface area contributed by atoms with Gasteiger partial charge in [-0.2, -0.15) is 0 Å². The molecule has 0 amide bonds. The average Bonchev–Trinajstić information content (AvgIpc) is 2.14. The Balaban J connectivity index is 1.88. The van der Waals surface area contributed by atoms with E-state index in [4.69, 9.17) is 16.3 Å². The van der Waals surface area contributed by atoms with Crippen LogP contribution in [0.1, 0.15) is 26.2 Å². The van der Waals surface area contributed by atoms with Crippen LogP contribution in [-0.2, 0) is 0 Å². The first-order valence-electron chi connectivity index (χ1n) is 4.92. The van der Waals surface area contributed by atoms with E-state index in [1.54, 1.807) is 12.3 Å². The topological polar surface area (TPSA) is 22.1 Å². The summed E-state index contributed by atoms with van der Waals surface area (Å²) < 4.78 is 5.65. The van der Waals surface area contributed by atoms with Crippen molar-refractivity contribution in [2.75, 3.05) is 6.61 Å². The zero-order valence-corrected chi connectivity index (χ0v) is 9.05. The summed E-state index contributed by atoms with van der Waals surface area (Å²) in [6.45, 7) is 3.05. The van der Waals surface area contributed by atoms with E-state index in [2.05, 4.69) is 11.9 Å². The van der Waals surface area contributed by atoms with E-state index in [-0.39, 0.29) is 0 Å². The molecule has 2 rings (SSSR count). The number of ether oxygens (including phenoxy) is 1. The molecule has 0 aliphatic heterocycles. The van der Waals surface area contributed by atoms with Crippen LogP contribution in [0.5, 0.6) is 5.75 Å². The maximum Gasteiger partial charge on any atom is 0.137 e. The molecule has 1 saturated carbocycles. The minimum atomic E-state index is 0.389. The first-order chi connectivity index (χ1) is 6.68. The van der Waals surface area contributed by atoms with Crippen LogP contribution in [0.3, 0.4) is 0 Å². The van der Waals surface area contributed by atoms with Crippen molar-refractivity contribution in [3.8, 4) is 5.75 Å². The Kier molecular flexibility index (Phi) is 2.64. The number of hydrogen-bond acceptors (Lipinski definition) is 2. The summed E-state index contributed by atoms with van der Waals surface area (Å²) in [5, 5.41) is 0.507. The number of hydrogen-bond donors (Lipinski definition) is 0. The fraction of sp³-hybridized carbons (Fsp3) is 0.545. The molecule has 2 nitrogen and oxygen atoms in total. The van der Waals surface area contributed by atoms with Crippen molar-refractivity contribution < 1.29 is 4.74 Å². The third-order valence-electron chi connectivity index (χ3n) is 2.85. The molecule has 14 heavy (non-hydrogen) atoms. The van der Waals surface area contributed by atoms with Crippen LogP contribution in [-0.4, -0.2) is 11.6 Å². The lowest BCUT2D eigenvalue weighted by molar-refractivity contribution is 0.0774. The van der Waals surface area contributed by atoms with Crippen LogP contribution >= 0.6 is 11.6 Å². The number of halogens is 1. The van der Waals surface area contributed by atoms with Crippen LogP contribution in [0.2, 0.25) is 5.15 Å². The van der Waals surface area contributed by atoms with Crippen LogP contribution in [0.15, 0.2) is 18.3 Å². The van der Waals surface area contributed by atoms with E-state index < -0.39 is 0 Å². The fourth-order valence-corrected chi connectivity index (χ4v) is 1.74. The SMILES string of the molecule is CC1(COc2ccc(Cl)nc2)CCC1. The Bertz CT molecular complexity index is 306. The highest BCUT2D eigenvalue weighted by Gasteiger charge is 2.32. The second-order valence-corrected chi connectivity index (χ2v) is 4.66. The highest BCUT2D eigenvalue weighted by atomic mass is 35.5. The van der Waals surface area contributed by atoms with Gasteiger partial charge in [-0.05, 0) is 25.0 Å². The van der Waals surface area contributed by atoms with Crippen molar-refractivity contribution in [3.05, 3.63) is 23.5 Å². The minimum absolute atomic E-state index is 0.389. The first kappa shape index (κ1) is 9.78. The molecule has 0 radical (unpaired) electrons. The van der Waals surface area contributed by atoms with Crippen molar-refractivity contribution >= 4 is 11.6 Å². The molecule has 0 atom stereocenters. The maximum absolute atomic E-state index is 5.67. The fourth-order valence-electron chi connectivity index (χ4n) is 1.63. The van der Waals surface area contributed by atoms with Crippen LogP contribution < -0.4 is 4.74 Å². The van der Waals surface area contributed by atoms with Gasteiger partial charge in [-0.15, -0.1) is 0 Å². The zero-order valence-electron chi connectivity index (χ0n) is 8.29. The number of aromatic nitrogens is 1. The largest absolute Gasteiger partial charge is 0.491 e. The molecule has 0 bridgehead atoms. The summed E-state index contributed by atoms with van der Waals surface area (Å²) >= 11 is 5.67. The van der Waals surface area contributed by atoms with Gasteiger partial charge < -0.3 is 4.74 Å². The van der Waals surface area contributed by atoms with Gasteiger partial charge in [0.2, 0.25) is 0 Å². The molecular formula is C11H14ClNO. The lowest BCUT2D eigenvalue weighted by atomic mass is 9.71. The molecule has 3 heteroatoms. The lowest BCUT2D eigenvalue weighted by Crippen LogP contribution is -2.32. The molecule has 1 heterocycles. The second kappa shape index (κ2) is 3.77. The van der Waals surface area contributed by atoms with Crippen molar-refractivity contribution in [3.63, 3.8) is 0 Å². The van der Waals surface area contributed by atoms with Gasteiger partial charge in [-0.1, -0.05) is 24.9 Å². The van der Waals surface area contributed by atoms with Crippen molar-refractivity contribution in [2.45, 2.75) is 26.2 Å². The molecule has 1 fully saturated rings. The first-order valence-corrected chi connectivity index (χ1v) is 5.30. The number of nitrogens with zero attached hydrogens (tertiary/aromatic N) is 1. The van der Waals surface area contributed by atoms with Gasteiger partial charge >= 0.3 is 0 Å². The van der Waals surface area contributed by atoms with E-state index in [1.807, 2.05) is 6.07 Å². The van der Waals surface area contributed by atoms with E-state index in [1.165, 1.54) is 19.3 Å². The van der Waals surface area contributed by atoms with Crippen molar-refractivity contribution in [1.82, 2.24) is 4.98 Å². The third-order valence-corrected chi connectivity index (χ3v) is 3.07. The molecule has 76 valence electrons. The van der Waals surface area contributed by atoms with Crippen LogP contribution in [0.4, 0.5) is 0 Å².